The predicted octanol–water partition coefficient (Wildman–Crippen LogP) is 4.54. The lowest BCUT2D eigenvalue weighted by molar-refractivity contribution is 0.102. The van der Waals surface area contributed by atoms with Gasteiger partial charge in [-0.2, -0.15) is 0 Å². The van der Waals surface area contributed by atoms with Crippen LogP contribution in [0.5, 0.6) is 0 Å². The van der Waals surface area contributed by atoms with Gasteiger partial charge in [0.15, 0.2) is 0 Å². The van der Waals surface area contributed by atoms with E-state index < -0.39 is 0 Å². The molecular weight excluding hydrogens is 340 g/mol. The van der Waals surface area contributed by atoms with E-state index in [0.717, 1.165) is 29.8 Å². The van der Waals surface area contributed by atoms with E-state index in [1.807, 2.05) is 48.5 Å². The standard InChI is InChI=1S/C18H21BrN2O/c1-3-21(4-2)13-14-8-10-15(11-9-14)18(22)20-17-7-5-6-16(19)12-17/h5-12H,3-4,13H2,1-2H3,(H,20,22). The Balaban J connectivity index is 2.02. The molecule has 0 heterocycles. The number of carbonyl (C=O) groups is 1. The van der Waals surface area contributed by atoms with Crippen LogP contribution in [-0.2, 0) is 6.54 Å². The first-order chi connectivity index (χ1) is 10.6. The maximum absolute atomic E-state index is 12.2. The topological polar surface area (TPSA) is 32.3 Å². The van der Waals surface area contributed by atoms with E-state index in [4.69, 9.17) is 0 Å². The number of nitrogens with zero attached hydrogens (tertiary/aromatic N) is 1. The molecule has 2 aromatic rings. The van der Waals surface area contributed by atoms with Crippen LogP contribution in [0, 0.1) is 0 Å². The fourth-order valence-corrected chi connectivity index (χ4v) is 2.64. The summed E-state index contributed by atoms with van der Waals surface area (Å²) in [5.41, 5.74) is 2.68. The first-order valence-electron chi connectivity index (χ1n) is 7.50. The van der Waals surface area contributed by atoms with Crippen molar-refractivity contribution in [3.05, 3.63) is 64.1 Å². The van der Waals surface area contributed by atoms with Crippen LogP contribution < -0.4 is 5.32 Å². The van der Waals surface area contributed by atoms with Gasteiger partial charge in [-0.25, -0.2) is 0 Å². The summed E-state index contributed by atoms with van der Waals surface area (Å²) in [5, 5.41) is 2.90. The summed E-state index contributed by atoms with van der Waals surface area (Å²) >= 11 is 3.40. The Kier molecular flexibility index (Phi) is 6.16. The number of amides is 1. The van der Waals surface area contributed by atoms with Crippen LogP contribution in [0.3, 0.4) is 0 Å². The van der Waals surface area contributed by atoms with Crippen LogP contribution in [0.2, 0.25) is 0 Å². The Labute approximate surface area is 140 Å². The van der Waals surface area contributed by atoms with Gasteiger partial charge in [0.05, 0.1) is 0 Å². The highest BCUT2D eigenvalue weighted by atomic mass is 79.9. The van der Waals surface area contributed by atoms with Crippen molar-refractivity contribution in [2.24, 2.45) is 0 Å². The van der Waals surface area contributed by atoms with Gasteiger partial charge in [0.2, 0.25) is 0 Å². The highest BCUT2D eigenvalue weighted by Crippen LogP contribution is 2.17. The molecule has 0 atom stereocenters. The number of benzene rings is 2. The van der Waals surface area contributed by atoms with E-state index in [1.165, 1.54) is 5.56 Å². The van der Waals surface area contributed by atoms with Gasteiger partial charge in [0.25, 0.3) is 5.91 Å². The van der Waals surface area contributed by atoms with E-state index in [-0.39, 0.29) is 5.91 Å². The zero-order valence-corrected chi connectivity index (χ0v) is 14.6. The van der Waals surface area contributed by atoms with Crippen molar-refractivity contribution in [1.82, 2.24) is 4.90 Å². The van der Waals surface area contributed by atoms with Gasteiger partial charge in [-0.3, -0.25) is 9.69 Å². The molecule has 2 rings (SSSR count). The Morgan fingerprint density at radius 3 is 2.36 bits per heavy atom. The summed E-state index contributed by atoms with van der Waals surface area (Å²) in [4.78, 5) is 14.6. The fourth-order valence-electron chi connectivity index (χ4n) is 2.24. The molecule has 116 valence electrons. The molecule has 4 heteroatoms. The van der Waals surface area contributed by atoms with Gasteiger partial charge in [0.1, 0.15) is 0 Å². The lowest BCUT2D eigenvalue weighted by atomic mass is 10.1. The second-order valence-corrected chi connectivity index (χ2v) is 6.04. The van der Waals surface area contributed by atoms with E-state index >= 15 is 0 Å². The lowest BCUT2D eigenvalue weighted by Crippen LogP contribution is -2.22. The quantitative estimate of drug-likeness (QED) is 0.819. The number of hydrogen-bond donors (Lipinski definition) is 1. The molecule has 22 heavy (non-hydrogen) atoms. The van der Waals surface area contributed by atoms with Crippen molar-refractivity contribution in [2.75, 3.05) is 18.4 Å². The van der Waals surface area contributed by atoms with Gasteiger partial charge in [-0.1, -0.05) is 48.0 Å². The summed E-state index contributed by atoms with van der Waals surface area (Å²) in [7, 11) is 0. The average Bonchev–Trinajstić information content (AvgIpc) is 2.53. The highest BCUT2D eigenvalue weighted by molar-refractivity contribution is 9.10. The first-order valence-corrected chi connectivity index (χ1v) is 8.30. The van der Waals surface area contributed by atoms with Crippen LogP contribution >= 0.6 is 15.9 Å². The second kappa shape index (κ2) is 8.11. The number of nitrogens with one attached hydrogen (secondary N) is 1. The summed E-state index contributed by atoms with van der Waals surface area (Å²) in [5.74, 6) is -0.0903. The minimum absolute atomic E-state index is 0.0903. The summed E-state index contributed by atoms with van der Waals surface area (Å²) in [6.45, 7) is 7.29. The highest BCUT2D eigenvalue weighted by Gasteiger charge is 2.07. The molecule has 0 aliphatic carbocycles. The number of carbonyl (C=O) groups excluding carboxylic acids is 1. The third-order valence-corrected chi connectivity index (χ3v) is 4.09. The minimum Gasteiger partial charge on any atom is -0.322 e. The molecule has 2 aromatic carbocycles. The Bertz CT molecular complexity index is 621. The molecule has 0 aromatic heterocycles. The average molecular weight is 361 g/mol. The largest absolute Gasteiger partial charge is 0.322 e. The maximum atomic E-state index is 12.2. The summed E-state index contributed by atoms with van der Waals surface area (Å²) in [6.07, 6.45) is 0. The summed E-state index contributed by atoms with van der Waals surface area (Å²) in [6, 6.07) is 15.4. The van der Waals surface area contributed by atoms with Crippen LogP contribution in [0.25, 0.3) is 0 Å². The molecular formula is C18H21BrN2O. The zero-order valence-electron chi connectivity index (χ0n) is 13.0. The maximum Gasteiger partial charge on any atom is 0.255 e. The van der Waals surface area contributed by atoms with Crippen molar-refractivity contribution in [3.8, 4) is 0 Å². The van der Waals surface area contributed by atoms with Gasteiger partial charge in [-0.15, -0.1) is 0 Å². The second-order valence-electron chi connectivity index (χ2n) is 5.12. The van der Waals surface area contributed by atoms with Gasteiger partial charge >= 0.3 is 0 Å². The number of anilines is 1. The Morgan fingerprint density at radius 2 is 1.77 bits per heavy atom. The van der Waals surface area contributed by atoms with Crippen molar-refractivity contribution in [2.45, 2.75) is 20.4 Å². The van der Waals surface area contributed by atoms with Crippen LogP contribution in [0.15, 0.2) is 53.0 Å². The third-order valence-electron chi connectivity index (χ3n) is 3.60. The molecule has 0 fully saturated rings. The third kappa shape index (κ3) is 4.68. The smallest absolute Gasteiger partial charge is 0.255 e. The van der Waals surface area contributed by atoms with E-state index in [0.29, 0.717) is 5.56 Å². The Morgan fingerprint density at radius 1 is 1.09 bits per heavy atom. The van der Waals surface area contributed by atoms with Crippen LogP contribution in [0.1, 0.15) is 29.8 Å². The molecule has 0 saturated carbocycles. The molecule has 0 aliphatic rings. The molecule has 1 N–H and O–H groups in total. The molecule has 0 unspecified atom stereocenters. The SMILES string of the molecule is CCN(CC)Cc1ccc(C(=O)Nc2cccc(Br)c2)cc1. The number of halogens is 1. The molecule has 0 radical (unpaired) electrons. The van der Waals surface area contributed by atoms with Crippen LogP contribution in [-0.4, -0.2) is 23.9 Å². The monoisotopic (exact) mass is 360 g/mol. The van der Waals surface area contributed by atoms with Gasteiger partial charge in [-0.05, 0) is 49.0 Å². The van der Waals surface area contributed by atoms with E-state index in [2.05, 4.69) is 40.0 Å². The molecule has 1 amide bonds. The lowest BCUT2D eigenvalue weighted by Gasteiger charge is -2.18. The van der Waals surface area contributed by atoms with E-state index in [9.17, 15) is 4.79 Å². The number of hydrogen-bond acceptors (Lipinski definition) is 2. The van der Waals surface area contributed by atoms with Crippen molar-refractivity contribution >= 4 is 27.5 Å². The minimum atomic E-state index is -0.0903. The zero-order chi connectivity index (χ0) is 15.9. The fraction of sp³-hybridized carbons (Fsp3) is 0.278. The van der Waals surface area contributed by atoms with E-state index in [1.54, 1.807) is 0 Å². The Hall–Kier alpha value is -1.65. The van der Waals surface area contributed by atoms with Crippen molar-refractivity contribution < 1.29 is 4.79 Å². The van der Waals surface area contributed by atoms with Crippen molar-refractivity contribution in [3.63, 3.8) is 0 Å². The van der Waals surface area contributed by atoms with Crippen molar-refractivity contribution in [1.29, 1.82) is 0 Å². The molecule has 0 aliphatic heterocycles. The normalized spacial score (nSPS) is 10.7. The molecule has 3 nitrogen and oxygen atoms in total. The molecule has 0 saturated heterocycles. The summed E-state index contributed by atoms with van der Waals surface area (Å²) < 4.78 is 0.944. The molecule has 0 spiro atoms. The van der Waals surface area contributed by atoms with Gasteiger partial charge < -0.3 is 5.32 Å². The predicted molar refractivity (Wildman–Crippen MR) is 95.2 cm³/mol. The first kappa shape index (κ1) is 16.7. The van der Waals surface area contributed by atoms with Crippen LogP contribution in [0.4, 0.5) is 5.69 Å². The van der Waals surface area contributed by atoms with Gasteiger partial charge in [0, 0.05) is 22.3 Å². The molecule has 0 bridgehead atoms. The number of rotatable bonds is 6.